The Bertz CT molecular complexity index is 1070. The third-order valence-electron chi connectivity index (χ3n) is 4.88. The molecule has 0 atom stereocenters. The molecule has 0 bridgehead atoms. The maximum absolute atomic E-state index is 12.8. The summed E-state index contributed by atoms with van der Waals surface area (Å²) in [6.45, 7) is 0.809. The number of alkyl halides is 3. The van der Waals surface area contributed by atoms with Crippen molar-refractivity contribution in [2.75, 3.05) is 23.3 Å². The molecule has 0 radical (unpaired) electrons. The maximum atomic E-state index is 12.8. The molecule has 2 heterocycles. The predicted octanol–water partition coefficient (Wildman–Crippen LogP) is 3.40. The van der Waals surface area contributed by atoms with Gasteiger partial charge < -0.3 is 10.2 Å². The first-order valence-corrected chi connectivity index (χ1v) is 11.4. The van der Waals surface area contributed by atoms with Crippen LogP contribution in [-0.4, -0.2) is 32.4 Å². The second kappa shape index (κ2) is 9.01. The van der Waals surface area contributed by atoms with E-state index in [2.05, 4.69) is 10.3 Å². The number of primary sulfonamides is 1. The van der Waals surface area contributed by atoms with E-state index < -0.39 is 21.8 Å². The van der Waals surface area contributed by atoms with Crippen LogP contribution in [0.2, 0.25) is 5.02 Å². The third-order valence-corrected chi connectivity index (χ3v) is 5.89. The number of halogens is 4. The largest absolute Gasteiger partial charge is 0.417 e. The van der Waals surface area contributed by atoms with E-state index >= 15 is 0 Å². The minimum atomic E-state index is -4.52. The lowest BCUT2D eigenvalue weighted by molar-refractivity contribution is -0.137. The maximum Gasteiger partial charge on any atom is 0.417 e. The van der Waals surface area contributed by atoms with Crippen LogP contribution in [0.4, 0.5) is 24.7 Å². The van der Waals surface area contributed by atoms with Crippen molar-refractivity contribution in [1.82, 2.24) is 4.98 Å². The van der Waals surface area contributed by atoms with Crippen LogP contribution in [-0.2, 0) is 26.7 Å². The van der Waals surface area contributed by atoms with Crippen molar-refractivity contribution in [1.29, 1.82) is 0 Å². The summed E-state index contributed by atoms with van der Waals surface area (Å²) in [5.41, 5.74) is -0.000603. The smallest absolute Gasteiger partial charge is 0.355 e. The molecule has 1 aliphatic heterocycles. The summed E-state index contributed by atoms with van der Waals surface area (Å²) >= 11 is 6.00. The molecule has 1 fully saturated rings. The number of sulfonamides is 1. The molecule has 2 aromatic rings. The fourth-order valence-electron chi connectivity index (χ4n) is 3.39. The van der Waals surface area contributed by atoms with E-state index in [1.165, 1.54) is 0 Å². The summed E-state index contributed by atoms with van der Waals surface area (Å²) in [4.78, 5) is 18.2. The molecule has 31 heavy (non-hydrogen) atoms. The molecule has 3 rings (SSSR count). The SMILES string of the molecule is NS(=O)(=O)Cc1cccc(NC(=O)C2CCN(c3ncc(C(F)(F)F)cc3Cl)CC2)c1. The molecule has 1 amide bonds. The van der Waals surface area contributed by atoms with Gasteiger partial charge in [-0.3, -0.25) is 4.79 Å². The minimum Gasteiger partial charge on any atom is -0.355 e. The lowest BCUT2D eigenvalue weighted by Gasteiger charge is -2.32. The number of anilines is 2. The van der Waals surface area contributed by atoms with Gasteiger partial charge in [-0.1, -0.05) is 23.7 Å². The predicted molar refractivity (Wildman–Crippen MR) is 111 cm³/mol. The number of benzene rings is 1. The molecule has 0 spiro atoms. The Morgan fingerprint density at radius 1 is 1.26 bits per heavy atom. The lowest BCUT2D eigenvalue weighted by atomic mass is 9.95. The van der Waals surface area contributed by atoms with Gasteiger partial charge >= 0.3 is 6.18 Å². The molecule has 0 unspecified atom stereocenters. The van der Waals surface area contributed by atoms with Crippen LogP contribution in [0.15, 0.2) is 36.5 Å². The van der Waals surface area contributed by atoms with Gasteiger partial charge in [-0.25, -0.2) is 18.5 Å². The molecule has 0 aliphatic carbocycles. The summed E-state index contributed by atoms with van der Waals surface area (Å²) in [5.74, 6) is -0.620. The lowest BCUT2D eigenvalue weighted by Crippen LogP contribution is -2.38. The highest BCUT2D eigenvalue weighted by atomic mass is 35.5. The Kier molecular flexibility index (Phi) is 6.77. The molecule has 1 aromatic carbocycles. The fourth-order valence-corrected chi connectivity index (χ4v) is 4.32. The van der Waals surface area contributed by atoms with Gasteiger partial charge in [0.25, 0.3) is 0 Å². The van der Waals surface area contributed by atoms with Crippen molar-refractivity contribution in [2.24, 2.45) is 11.1 Å². The molecular formula is C19H20ClF3N4O3S. The van der Waals surface area contributed by atoms with Gasteiger partial charge in [-0.05, 0) is 36.6 Å². The van der Waals surface area contributed by atoms with E-state index in [-0.39, 0.29) is 28.4 Å². The first-order valence-electron chi connectivity index (χ1n) is 9.30. The Morgan fingerprint density at radius 3 is 2.52 bits per heavy atom. The number of hydrogen-bond donors (Lipinski definition) is 2. The molecule has 1 aliphatic rings. The molecular weight excluding hydrogens is 457 g/mol. The number of amides is 1. The van der Waals surface area contributed by atoms with E-state index in [1.807, 2.05) is 0 Å². The zero-order chi connectivity index (χ0) is 22.8. The van der Waals surface area contributed by atoms with Gasteiger partial charge in [0.1, 0.15) is 5.82 Å². The summed E-state index contributed by atoms with van der Waals surface area (Å²) in [6.07, 6.45) is -2.86. The highest BCUT2D eigenvalue weighted by Crippen LogP contribution is 2.34. The Hall–Kier alpha value is -2.37. The highest BCUT2D eigenvalue weighted by Gasteiger charge is 2.33. The van der Waals surface area contributed by atoms with Crippen LogP contribution < -0.4 is 15.4 Å². The first kappa shape index (κ1) is 23.3. The van der Waals surface area contributed by atoms with E-state index in [1.54, 1.807) is 29.2 Å². The van der Waals surface area contributed by atoms with Gasteiger partial charge in [-0.2, -0.15) is 13.2 Å². The number of nitrogens with two attached hydrogens (primary N) is 1. The number of hydrogen-bond acceptors (Lipinski definition) is 5. The summed E-state index contributed by atoms with van der Waals surface area (Å²) in [7, 11) is -3.69. The van der Waals surface area contributed by atoms with Gasteiger partial charge in [0.2, 0.25) is 15.9 Å². The van der Waals surface area contributed by atoms with Crippen LogP contribution in [0.1, 0.15) is 24.0 Å². The quantitative estimate of drug-likeness (QED) is 0.688. The monoisotopic (exact) mass is 476 g/mol. The van der Waals surface area contributed by atoms with Gasteiger partial charge in [0.15, 0.2) is 0 Å². The number of nitrogens with zero attached hydrogens (tertiary/aromatic N) is 2. The number of pyridine rings is 1. The second-order valence-electron chi connectivity index (χ2n) is 7.29. The Balaban J connectivity index is 1.60. The molecule has 0 saturated carbocycles. The van der Waals surface area contributed by atoms with E-state index in [0.29, 0.717) is 37.2 Å². The Labute approximate surface area is 182 Å². The highest BCUT2D eigenvalue weighted by molar-refractivity contribution is 7.88. The zero-order valence-electron chi connectivity index (χ0n) is 16.2. The fraction of sp³-hybridized carbons (Fsp3) is 0.368. The van der Waals surface area contributed by atoms with E-state index in [9.17, 15) is 26.4 Å². The van der Waals surface area contributed by atoms with Crippen molar-refractivity contribution < 1.29 is 26.4 Å². The number of piperidine rings is 1. The standard InChI is InChI=1S/C19H20ClF3N4O3S/c20-16-9-14(19(21,22)23)10-25-17(16)27-6-4-13(5-7-27)18(28)26-15-3-1-2-12(8-15)11-31(24,29)30/h1-3,8-10,13H,4-7,11H2,(H,26,28)(H2,24,29,30). The minimum absolute atomic E-state index is 0.0932. The molecule has 168 valence electrons. The van der Waals surface area contributed by atoms with E-state index in [4.69, 9.17) is 16.7 Å². The summed E-state index contributed by atoms with van der Waals surface area (Å²) in [6, 6.07) is 7.25. The van der Waals surface area contributed by atoms with E-state index in [0.717, 1.165) is 12.3 Å². The van der Waals surface area contributed by atoms with Crippen LogP contribution in [0.5, 0.6) is 0 Å². The van der Waals surface area contributed by atoms with Gasteiger partial charge in [0, 0.05) is 30.9 Å². The number of carbonyl (C=O) groups is 1. The van der Waals surface area contributed by atoms with Crippen molar-refractivity contribution in [3.8, 4) is 0 Å². The molecule has 3 N–H and O–H groups in total. The Morgan fingerprint density at radius 2 is 1.94 bits per heavy atom. The normalized spacial score (nSPS) is 15.7. The average molecular weight is 477 g/mol. The number of rotatable bonds is 5. The van der Waals surface area contributed by atoms with Crippen molar-refractivity contribution in [2.45, 2.75) is 24.8 Å². The van der Waals surface area contributed by atoms with Crippen molar-refractivity contribution in [3.05, 3.63) is 52.7 Å². The van der Waals surface area contributed by atoms with Crippen LogP contribution >= 0.6 is 11.6 Å². The van der Waals surface area contributed by atoms with Gasteiger partial charge in [-0.15, -0.1) is 0 Å². The van der Waals surface area contributed by atoms with Crippen molar-refractivity contribution in [3.63, 3.8) is 0 Å². The summed E-state index contributed by atoms with van der Waals surface area (Å²) < 4.78 is 60.8. The number of nitrogens with one attached hydrogen (secondary N) is 1. The summed E-state index contributed by atoms with van der Waals surface area (Å²) in [5, 5.41) is 7.72. The molecule has 1 aromatic heterocycles. The molecule has 12 heteroatoms. The number of aromatic nitrogens is 1. The third kappa shape index (κ3) is 6.31. The molecule has 1 saturated heterocycles. The number of carbonyl (C=O) groups excluding carboxylic acids is 1. The first-order chi connectivity index (χ1) is 14.4. The molecule has 7 nitrogen and oxygen atoms in total. The van der Waals surface area contributed by atoms with Crippen LogP contribution in [0, 0.1) is 5.92 Å². The van der Waals surface area contributed by atoms with Crippen LogP contribution in [0.3, 0.4) is 0 Å². The van der Waals surface area contributed by atoms with Crippen molar-refractivity contribution >= 4 is 39.0 Å². The van der Waals surface area contributed by atoms with Gasteiger partial charge in [0.05, 0.1) is 16.3 Å². The van der Waals surface area contributed by atoms with Crippen LogP contribution in [0.25, 0.3) is 0 Å². The average Bonchev–Trinajstić information content (AvgIpc) is 2.66. The second-order valence-corrected chi connectivity index (χ2v) is 9.31. The topological polar surface area (TPSA) is 105 Å². The zero-order valence-corrected chi connectivity index (χ0v) is 17.8.